The molecule has 0 unspecified atom stereocenters. The normalized spacial score (nSPS) is 10.6. The molecule has 0 aromatic heterocycles. The molecule has 0 aliphatic heterocycles. The van der Waals surface area contributed by atoms with Crippen LogP contribution in [0.25, 0.3) is 6.08 Å². The summed E-state index contributed by atoms with van der Waals surface area (Å²) in [5.74, 6) is -1.71. The minimum Gasteiger partial charge on any atom is -0.452 e. The average molecular weight is 368 g/mol. The van der Waals surface area contributed by atoms with E-state index in [1.54, 1.807) is 24.3 Å². The molecular weight excluding hydrogens is 356 g/mol. The number of ether oxygens (including phenoxy) is 1. The molecule has 4 nitrogen and oxygen atoms in total. The van der Waals surface area contributed by atoms with Crippen LogP contribution in [0.15, 0.2) is 48.5 Å². The van der Waals surface area contributed by atoms with Crippen LogP contribution in [-0.4, -0.2) is 18.5 Å². The molecule has 24 heavy (non-hydrogen) atoms. The van der Waals surface area contributed by atoms with Crippen LogP contribution in [-0.2, 0) is 14.3 Å². The van der Waals surface area contributed by atoms with E-state index in [0.717, 1.165) is 6.08 Å². The number of halogens is 3. The van der Waals surface area contributed by atoms with Crippen LogP contribution >= 0.6 is 23.2 Å². The number of hydrogen-bond donors (Lipinski definition) is 1. The van der Waals surface area contributed by atoms with Gasteiger partial charge in [-0.3, -0.25) is 4.79 Å². The Bertz CT molecular complexity index is 793. The van der Waals surface area contributed by atoms with Crippen LogP contribution in [0.2, 0.25) is 10.0 Å². The third-order valence-electron chi connectivity index (χ3n) is 2.83. The fraction of sp³-hybridized carbons (Fsp3) is 0.0588. The quantitative estimate of drug-likeness (QED) is 0.632. The van der Waals surface area contributed by atoms with Gasteiger partial charge in [0.1, 0.15) is 5.82 Å². The summed E-state index contributed by atoms with van der Waals surface area (Å²) in [5, 5.41) is 2.98. The van der Waals surface area contributed by atoms with E-state index >= 15 is 0 Å². The lowest BCUT2D eigenvalue weighted by Gasteiger charge is -2.08. The highest BCUT2D eigenvalue weighted by atomic mass is 35.5. The highest BCUT2D eigenvalue weighted by Crippen LogP contribution is 2.29. The molecule has 2 rings (SSSR count). The maximum Gasteiger partial charge on any atom is 0.331 e. The van der Waals surface area contributed by atoms with Crippen LogP contribution in [0, 0.1) is 5.82 Å². The third kappa shape index (κ3) is 5.37. The van der Waals surface area contributed by atoms with Crippen LogP contribution in [0.1, 0.15) is 5.56 Å². The number of carbonyl (C=O) groups is 2. The predicted molar refractivity (Wildman–Crippen MR) is 91.5 cm³/mol. The van der Waals surface area contributed by atoms with Crippen molar-refractivity contribution in [3.8, 4) is 0 Å². The van der Waals surface area contributed by atoms with E-state index in [4.69, 9.17) is 27.9 Å². The number of hydrogen-bond acceptors (Lipinski definition) is 3. The Hall–Kier alpha value is -2.37. The molecule has 7 heteroatoms. The molecule has 1 N–H and O–H groups in total. The van der Waals surface area contributed by atoms with Crippen LogP contribution in [0.5, 0.6) is 0 Å². The summed E-state index contributed by atoms with van der Waals surface area (Å²) >= 11 is 11.8. The molecule has 0 atom stereocenters. The highest BCUT2D eigenvalue weighted by Gasteiger charge is 2.09. The summed E-state index contributed by atoms with van der Waals surface area (Å²) in [6.45, 7) is -0.491. The predicted octanol–water partition coefficient (Wildman–Crippen LogP) is 4.33. The zero-order valence-electron chi connectivity index (χ0n) is 12.3. The maximum absolute atomic E-state index is 13.0. The van der Waals surface area contributed by atoms with Gasteiger partial charge in [0.25, 0.3) is 5.91 Å². The lowest BCUT2D eigenvalue weighted by Crippen LogP contribution is -2.20. The molecule has 0 saturated carbocycles. The topological polar surface area (TPSA) is 55.4 Å². The highest BCUT2D eigenvalue weighted by molar-refractivity contribution is 6.44. The molecule has 0 fully saturated rings. The van der Waals surface area contributed by atoms with E-state index in [0.29, 0.717) is 16.3 Å². The third-order valence-corrected chi connectivity index (χ3v) is 3.65. The molecular formula is C17H12Cl2FNO3. The van der Waals surface area contributed by atoms with Crippen molar-refractivity contribution < 1.29 is 18.7 Å². The number of anilines is 1. The van der Waals surface area contributed by atoms with Crippen molar-refractivity contribution in [3.63, 3.8) is 0 Å². The van der Waals surface area contributed by atoms with Gasteiger partial charge >= 0.3 is 5.97 Å². The van der Waals surface area contributed by atoms with E-state index in [-0.39, 0.29) is 5.02 Å². The lowest BCUT2D eigenvalue weighted by molar-refractivity contribution is -0.142. The minimum atomic E-state index is -0.730. The molecule has 1 amide bonds. The van der Waals surface area contributed by atoms with E-state index < -0.39 is 24.3 Å². The monoisotopic (exact) mass is 367 g/mol. The van der Waals surface area contributed by atoms with Crippen LogP contribution < -0.4 is 5.32 Å². The summed E-state index contributed by atoms with van der Waals surface area (Å²) in [4.78, 5) is 23.3. The molecule has 0 aliphatic rings. The number of nitrogens with one attached hydrogen (secondary N) is 1. The molecule has 0 aliphatic carbocycles. The lowest BCUT2D eigenvalue weighted by atomic mass is 10.2. The van der Waals surface area contributed by atoms with Crippen molar-refractivity contribution in [3.05, 3.63) is 70.0 Å². The smallest absolute Gasteiger partial charge is 0.331 e. The average Bonchev–Trinajstić information content (AvgIpc) is 2.55. The van der Waals surface area contributed by atoms with E-state index in [9.17, 15) is 14.0 Å². The Labute approximate surface area is 147 Å². The van der Waals surface area contributed by atoms with Gasteiger partial charge in [-0.05, 0) is 35.9 Å². The number of esters is 1. The Morgan fingerprint density at radius 2 is 1.92 bits per heavy atom. The van der Waals surface area contributed by atoms with Crippen molar-refractivity contribution >= 4 is 46.8 Å². The van der Waals surface area contributed by atoms with E-state index in [1.807, 2.05) is 0 Å². The second-order valence-electron chi connectivity index (χ2n) is 4.65. The zero-order chi connectivity index (χ0) is 17.5. The van der Waals surface area contributed by atoms with Gasteiger partial charge in [0.2, 0.25) is 0 Å². The van der Waals surface area contributed by atoms with Crippen molar-refractivity contribution in [1.82, 2.24) is 0 Å². The summed E-state index contributed by atoms with van der Waals surface area (Å²) in [7, 11) is 0. The number of benzene rings is 2. The van der Waals surface area contributed by atoms with Gasteiger partial charge < -0.3 is 10.1 Å². The Balaban J connectivity index is 1.85. The molecule has 0 saturated heterocycles. The molecule has 0 radical (unpaired) electrons. The van der Waals surface area contributed by atoms with Crippen molar-refractivity contribution in [1.29, 1.82) is 0 Å². The summed E-state index contributed by atoms with van der Waals surface area (Å²) < 4.78 is 17.8. The van der Waals surface area contributed by atoms with E-state index in [2.05, 4.69) is 5.32 Å². The second kappa shape index (κ2) is 8.47. The molecule has 2 aromatic rings. The van der Waals surface area contributed by atoms with Crippen molar-refractivity contribution in [2.75, 3.05) is 11.9 Å². The summed E-state index contributed by atoms with van der Waals surface area (Å²) in [6.07, 6.45) is 2.49. The van der Waals surface area contributed by atoms with E-state index in [1.165, 1.54) is 24.3 Å². The molecule has 0 spiro atoms. The standard InChI is InChI=1S/C17H12Cl2FNO3/c18-13-5-2-6-14(17(13)19)21-15(22)10-24-16(23)8-7-11-3-1-4-12(20)9-11/h1-9H,10H2,(H,21,22)/b8-7+. The van der Waals surface area contributed by atoms with Gasteiger partial charge in [0, 0.05) is 6.08 Å². The molecule has 2 aromatic carbocycles. The first-order valence-electron chi connectivity index (χ1n) is 6.80. The Kier molecular flexibility index (Phi) is 6.35. The first-order valence-corrected chi connectivity index (χ1v) is 7.55. The molecule has 0 heterocycles. The zero-order valence-corrected chi connectivity index (χ0v) is 13.8. The number of amides is 1. The Morgan fingerprint density at radius 1 is 1.17 bits per heavy atom. The largest absolute Gasteiger partial charge is 0.452 e. The fourth-order valence-corrected chi connectivity index (χ4v) is 2.09. The second-order valence-corrected chi connectivity index (χ2v) is 5.43. The molecule has 0 bridgehead atoms. The minimum absolute atomic E-state index is 0.199. The van der Waals surface area contributed by atoms with Gasteiger partial charge in [-0.1, -0.05) is 41.4 Å². The van der Waals surface area contributed by atoms with Gasteiger partial charge in [-0.15, -0.1) is 0 Å². The van der Waals surface area contributed by atoms with Gasteiger partial charge in [0.05, 0.1) is 15.7 Å². The van der Waals surface area contributed by atoms with Gasteiger partial charge in [-0.25, -0.2) is 9.18 Å². The summed E-state index contributed by atoms with van der Waals surface area (Å²) in [6, 6.07) is 10.5. The molecule has 124 valence electrons. The van der Waals surface area contributed by atoms with Gasteiger partial charge in [0.15, 0.2) is 6.61 Å². The van der Waals surface area contributed by atoms with Crippen LogP contribution in [0.3, 0.4) is 0 Å². The fourth-order valence-electron chi connectivity index (χ4n) is 1.75. The van der Waals surface area contributed by atoms with Gasteiger partial charge in [-0.2, -0.15) is 0 Å². The SMILES string of the molecule is O=C(COC(=O)/C=C/c1cccc(F)c1)Nc1cccc(Cl)c1Cl. The first kappa shape index (κ1) is 18.0. The summed E-state index contributed by atoms with van der Waals surface area (Å²) in [5.41, 5.74) is 0.822. The maximum atomic E-state index is 13.0. The number of rotatable bonds is 5. The van der Waals surface area contributed by atoms with Crippen LogP contribution in [0.4, 0.5) is 10.1 Å². The first-order chi connectivity index (χ1) is 11.5. The van der Waals surface area contributed by atoms with Crippen molar-refractivity contribution in [2.24, 2.45) is 0 Å². The number of carbonyl (C=O) groups excluding carboxylic acids is 2. The van der Waals surface area contributed by atoms with Crippen molar-refractivity contribution in [2.45, 2.75) is 0 Å². The Morgan fingerprint density at radius 3 is 2.67 bits per heavy atom.